The quantitative estimate of drug-likeness (QED) is 0.718. The van der Waals surface area contributed by atoms with Crippen LogP contribution >= 0.6 is 0 Å². The van der Waals surface area contributed by atoms with Crippen molar-refractivity contribution in [1.29, 1.82) is 0 Å². The summed E-state index contributed by atoms with van der Waals surface area (Å²) in [6.07, 6.45) is 8.07. The average Bonchev–Trinajstić information content (AvgIpc) is 3.01. The largest absolute Gasteiger partial charge is 0.353 e. The summed E-state index contributed by atoms with van der Waals surface area (Å²) < 4.78 is 0. The molecule has 2 rings (SSSR count). The van der Waals surface area contributed by atoms with E-state index in [1.54, 1.807) is 0 Å². The van der Waals surface area contributed by atoms with Gasteiger partial charge in [-0.1, -0.05) is 19.8 Å². The molecule has 2 aliphatic carbocycles. The van der Waals surface area contributed by atoms with Crippen molar-refractivity contribution in [2.45, 2.75) is 70.0 Å². The van der Waals surface area contributed by atoms with Crippen LogP contribution in [0.3, 0.4) is 0 Å². The van der Waals surface area contributed by atoms with Gasteiger partial charge in [-0.15, -0.1) is 0 Å². The third kappa shape index (κ3) is 3.69. The number of rotatable bonds is 7. The second-order valence-electron chi connectivity index (χ2n) is 5.70. The topological polar surface area (TPSA) is 58.4 Å². The molecule has 104 valence electrons. The summed E-state index contributed by atoms with van der Waals surface area (Å²) in [6.45, 7) is 3.77. The van der Waals surface area contributed by atoms with Crippen LogP contribution in [-0.4, -0.2) is 42.0 Å². The maximum Gasteiger partial charge on any atom is 0.221 e. The van der Waals surface area contributed by atoms with Crippen molar-refractivity contribution in [3.8, 4) is 0 Å². The van der Waals surface area contributed by atoms with Crippen LogP contribution < -0.4 is 11.1 Å². The van der Waals surface area contributed by atoms with E-state index in [2.05, 4.69) is 17.1 Å². The number of likely N-dealkylation sites (N-methyl/N-ethyl adjacent to an activating group) is 1. The van der Waals surface area contributed by atoms with Crippen molar-refractivity contribution in [3.63, 3.8) is 0 Å². The van der Waals surface area contributed by atoms with Crippen molar-refractivity contribution in [2.24, 2.45) is 5.73 Å². The number of carbonyl (C=O) groups is 1. The Kier molecular flexibility index (Phi) is 5.01. The fourth-order valence-corrected chi connectivity index (χ4v) is 3.11. The average molecular weight is 253 g/mol. The molecule has 1 amide bonds. The Balaban J connectivity index is 1.85. The number of nitrogens with zero attached hydrogens (tertiary/aromatic N) is 1. The monoisotopic (exact) mass is 253 g/mol. The summed E-state index contributed by atoms with van der Waals surface area (Å²) in [4.78, 5) is 14.4. The van der Waals surface area contributed by atoms with Crippen LogP contribution in [-0.2, 0) is 4.79 Å². The van der Waals surface area contributed by atoms with E-state index in [9.17, 15) is 4.79 Å². The Morgan fingerprint density at radius 1 is 1.33 bits per heavy atom. The summed E-state index contributed by atoms with van der Waals surface area (Å²) >= 11 is 0. The first-order valence-corrected chi connectivity index (χ1v) is 7.49. The predicted molar refractivity (Wildman–Crippen MR) is 73.3 cm³/mol. The summed E-state index contributed by atoms with van der Waals surface area (Å²) in [5.74, 6) is 0.185. The van der Waals surface area contributed by atoms with Gasteiger partial charge in [0.15, 0.2) is 0 Å². The molecule has 0 spiro atoms. The van der Waals surface area contributed by atoms with Gasteiger partial charge in [-0.05, 0) is 32.2 Å². The number of nitrogens with one attached hydrogen (secondary N) is 1. The highest BCUT2D eigenvalue weighted by Crippen LogP contribution is 2.26. The van der Waals surface area contributed by atoms with Crippen molar-refractivity contribution >= 4 is 5.91 Å². The summed E-state index contributed by atoms with van der Waals surface area (Å²) in [7, 11) is 0. The first-order valence-electron chi connectivity index (χ1n) is 7.49. The Hall–Kier alpha value is -0.610. The molecule has 2 aliphatic rings. The molecule has 18 heavy (non-hydrogen) atoms. The molecule has 1 atom stereocenters. The molecule has 4 nitrogen and oxygen atoms in total. The van der Waals surface area contributed by atoms with Gasteiger partial charge >= 0.3 is 0 Å². The lowest BCUT2D eigenvalue weighted by molar-refractivity contribution is -0.122. The molecule has 0 bridgehead atoms. The van der Waals surface area contributed by atoms with Gasteiger partial charge < -0.3 is 11.1 Å². The summed E-state index contributed by atoms with van der Waals surface area (Å²) in [5, 5.41) is 3.07. The van der Waals surface area contributed by atoms with Gasteiger partial charge in [0, 0.05) is 31.1 Å². The van der Waals surface area contributed by atoms with Crippen molar-refractivity contribution in [1.82, 2.24) is 10.2 Å². The second kappa shape index (κ2) is 6.53. The Labute approximate surface area is 110 Å². The van der Waals surface area contributed by atoms with E-state index in [1.807, 2.05) is 0 Å². The molecule has 0 aliphatic heterocycles. The van der Waals surface area contributed by atoms with Crippen molar-refractivity contribution in [3.05, 3.63) is 0 Å². The molecule has 0 aromatic carbocycles. The van der Waals surface area contributed by atoms with E-state index >= 15 is 0 Å². The molecule has 4 heteroatoms. The van der Waals surface area contributed by atoms with Crippen LogP contribution in [0.1, 0.15) is 51.9 Å². The van der Waals surface area contributed by atoms with Gasteiger partial charge in [0.1, 0.15) is 0 Å². The van der Waals surface area contributed by atoms with E-state index in [0.29, 0.717) is 25.0 Å². The lowest BCUT2D eigenvalue weighted by atomic mass is 10.1. The van der Waals surface area contributed by atoms with Crippen molar-refractivity contribution in [2.75, 3.05) is 13.1 Å². The van der Waals surface area contributed by atoms with Gasteiger partial charge in [-0.2, -0.15) is 0 Å². The molecule has 0 radical (unpaired) electrons. The molecular weight excluding hydrogens is 226 g/mol. The van der Waals surface area contributed by atoms with Gasteiger partial charge in [-0.25, -0.2) is 0 Å². The van der Waals surface area contributed by atoms with E-state index in [0.717, 1.165) is 19.4 Å². The van der Waals surface area contributed by atoms with Crippen molar-refractivity contribution < 1.29 is 4.79 Å². The van der Waals surface area contributed by atoms with Gasteiger partial charge in [0.05, 0.1) is 0 Å². The second-order valence-corrected chi connectivity index (χ2v) is 5.70. The predicted octanol–water partition coefficient (Wildman–Crippen LogP) is 1.25. The smallest absolute Gasteiger partial charge is 0.221 e. The molecule has 3 N–H and O–H groups in total. The zero-order valence-electron chi connectivity index (χ0n) is 11.5. The molecule has 0 aromatic rings. The van der Waals surface area contributed by atoms with E-state index in [-0.39, 0.29) is 11.9 Å². The zero-order valence-corrected chi connectivity index (χ0v) is 11.5. The van der Waals surface area contributed by atoms with E-state index < -0.39 is 0 Å². The highest BCUT2D eigenvalue weighted by molar-refractivity contribution is 5.77. The first kappa shape index (κ1) is 13.8. The standard InChI is InChI=1S/C14H27N3O/c1-2-17(12-5-3-4-6-12)13(10-15)9-14(18)16-11-7-8-11/h11-13H,2-10,15H2,1H3,(H,16,18). The van der Waals surface area contributed by atoms with E-state index in [4.69, 9.17) is 5.73 Å². The normalized spacial score (nSPS) is 22.4. The summed E-state index contributed by atoms with van der Waals surface area (Å²) in [5.41, 5.74) is 5.89. The number of carbonyl (C=O) groups excluding carboxylic acids is 1. The minimum Gasteiger partial charge on any atom is -0.353 e. The van der Waals surface area contributed by atoms with Gasteiger partial charge in [0.25, 0.3) is 0 Å². The minimum absolute atomic E-state index is 0.185. The molecule has 0 heterocycles. The highest BCUT2D eigenvalue weighted by atomic mass is 16.1. The van der Waals surface area contributed by atoms with Gasteiger partial charge in [-0.3, -0.25) is 9.69 Å². The summed E-state index contributed by atoms with van der Waals surface area (Å²) in [6, 6.07) is 1.33. The maximum atomic E-state index is 11.9. The van der Waals surface area contributed by atoms with Crippen LogP contribution in [0.2, 0.25) is 0 Å². The molecule has 1 unspecified atom stereocenters. The highest BCUT2D eigenvalue weighted by Gasteiger charge is 2.30. The number of hydrogen-bond donors (Lipinski definition) is 2. The third-order valence-corrected chi connectivity index (χ3v) is 4.26. The fourth-order valence-electron chi connectivity index (χ4n) is 3.11. The molecule has 0 saturated heterocycles. The third-order valence-electron chi connectivity index (χ3n) is 4.26. The molecule has 2 fully saturated rings. The Bertz CT molecular complexity index is 272. The van der Waals surface area contributed by atoms with Crippen LogP contribution in [0.25, 0.3) is 0 Å². The number of nitrogens with two attached hydrogens (primary N) is 1. The van der Waals surface area contributed by atoms with Crippen LogP contribution in [0.4, 0.5) is 0 Å². The van der Waals surface area contributed by atoms with Crippen LogP contribution in [0.5, 0.6) is 0 Å². The lowest BCUT2D eigenvalue weighted by Crippen LogP contribution is -2.48. The van der Waals surface area contributed by atoms with Crippen LogP contribution in [0.15, 0.2) is 0 Å². The Morgan fingerprint density at radius 3 is 2.50 bits per heavy atom. The molecule has 2 saturated carbocycles. The number of hydrogen-bond acceptors (Lipinski definition) is 3. The fraction of sp³-hybridized carbons (Fsp3) is 0.929. The zero-order chi connectivity index (χ0) is 13.0. The number of amides is 1. The Morgan fingerprint density at radius 2 is 2.00 bits per heavy atom. The molecule has 0 aromatic heterocycles. The lowest BCUT2D eigenvalue weighted by Gasteiger charge is -2.34. The SMILES string of the molecule is CCN(C1CCCC1)C(CN)CC(=O)NC1CC1. The van der Waals surface area contributed by atoms with E-state index in [1.165, 1.54) is 25.7 Å². The van der Waals surface area contributed by atoms with Gasteiger partial charge in [0.2, 0.25) is 5.91 Å². The first-order chi connectivity index (χ1) is 8.74. The van der Waals surface area contributed by atoms with Crippen LogP contribution in [0, 0.1) is 0 Å². The molecular formula is C14H27N3O. The minimum atomic E-state index is 0.185. The maximum absolute atomic E-state index is 11.9.